The second-order valence-electron chi connectivity index (χ2n) is 2.80. The molecule has 76 valence electrons. The first-order chi connectivity index (χ1) is 7.25. The molecular formula is C9H8N4OS. The predicted octanol–water partition coefficient (Wildman–Crippen LogP) is 1.49. The molecule has 5 nitrogen and oxygen atoms in total. The lowest BCUT2D eigenvalue weighted by Crippen LogP contribution is -2.13. The van der Waals surface area contributed by atoms with Gasteiger partial charge in [0.15, 0.2) is 0 Å². The molecule has 0 aliphatic carbocycles. The van der Waals surface area contributed by atoms with Crippen LogP contribution in [0.25, 0.3) is 0 Å². The third-order valence-electron chi connectivity index (χ3n) is 1.68. The van der Waals surface area contributed by atoms with Gasteiger partial charge in [-0.3, -0.25) is 4.79 Å². The number of thiazole rings is 1. The van der Waals surface area contributed by atoms with E-state index >= 15 is 0 Å². The Morgan fingerprint density at radius 3 is 3.00 bits per heavy atom. The van der Waals surface area contributed by atoms with Gasteiger partial charge in [-0.05, 0) is 13.0 Å². The Labute approximate surface area is 90.2 Å². The van der Waals surface area contributed by atoms with Crippen LogP contribution in [0.15, 0.2) is 24.0 Å². The van der Waals surface area contributed by atoms with Crippen molar-refractivity contribution >= 4 is 23.1 Å². The number of aromatic nitrogens is 3. The summed E-state index contributed by atoms with van der Waals surface area (Å²) >= 11 is 1.44. The fourth-order valence-corrected chi connectivity index (χ4v) is 1.61. The summed E-state index contributed by atoms with van der Waals surface area (Å²) in [6.07, 6.45) is 2.94. The fourth-order valence-electron chi connectivity index (χ4n) is 1.01. The maximum Gasteiger partial charge on any atom is 0.276 e. The fraction of sp³-hybridized carbons (Fsp3) is 0.111. The minimum Gasteiger partial charge on any atom is -0.305 e. The highest BCUT2D eigenvalue weighted by atomic mass is 32.1. The summed E-state index contributed by atoms with van der Waals surface area (Å²) in [5.41, 5.74) is 0.413. The summed E-state index contributed by atoms with van der Waals surface area (Å²) in [4.78, 5) is 23.3. The largest absolute Gasteiger partial charge is 0.305 e. The van der Waals surface area contributed by atoms with Gasteiger partial charge in [0.1, 0.15) is 17.8 Å². The number of amides is 1. The van der Waals surface area contributed by atoms with E-state index in [1.807, 2.05) is 6.92 Å². The molecule has 0 bridgehead atoms. The van der Waals surface area contributed by atoms with Crippen molar-refractivity contribution < 1.29 is 4.79 Å². The van der Waals surface area contributed by atoms with Crippen molar-refractivity contribution in [2.75, 3.05) is 5.32 Å². The molecule has 0 spiro atoms. The van der Waals surface area contributed by atoms with Gasteiger partial charge in [0.05, 0.1) is 5.01 Å². The summed E-state index contributed by atoms with van der Waals surface area (Å²) < 4.78 is 0. The minimum atomic E-state index is -0.252. The Morgan fingerprint density at radius 2 is 2.40 bits per heavy atom. The van der Waals surface area contributed by atoms with E-state index in [1.54, 1.807) is 17.6 Å². The van der Waals surface area contributed by atoms with E-state index in [0.29, 0.717) is 11.5 Å². The third-order valence-corrected chi connectivity index (χ3v) is 2.45. The average molecular weight is 220 g/mol. The van der Waals surface area contributed by atoms with E-state index in [0.717, 1.165) is 5.01 Å². The number of carbonyl (C=O) groups excluding carboxylic acids is 1. The lowest BCUT2D eigenvalue weighted by molar-refractivity contribution is 0.102. The summed E-state index contributed by atoms with van der Waals surface area (Å²) in [5.74, 6) is 0.221. The van der Waals surface area contributed by atoms with Crippen LogP contribution in [0.2, 0.25) is 0 Å². The lowest BCUT2D eigenvalue weighted by atomic mass is 10.4. The number of carbonyl (C=O) groups is 1. The molecule has 0 radical (unpaired) electrons. The molecule has 0 aromatic carbocycles. The smallest absolute Gasteiger partial charge is 0.276 e. The number of nitrogens with zero attached hydrogens (tertiary/aromatic N) is 3. The number of aryl methyl sites for hydroxylation is 1. The summed E-state index contributed by atoms with van der Waals surface area (Å²) in [5, 5.41) is 5.20. The number of rotatable bonds is 2. The van der Waals surface area contributed by atoms with Crippen LogP contribution in [0.4, 0.5) is 5.82 Å². The zero-order valence-electron chi connectivity index (χ0n) is 7.97. The third kappa shape index (κ3) is 2.35. The quantitative estimate of drug-likeness (QED) is 0.832. The monoisotopic (exact) mass is 220 g/mol. The summed E-state index contributed by atoms with van der Waals surface area (Å²) in [7, 11) is 0. The molecule has 0 atom stereocenters. The number of nitrogens with one attached hydrogen (secondary N) is 1. The van der Waals surface area contributed by atoms with Crippen molar-refractivity contribution in [2.24, 2.45) is 0 Å². The molecule has 0 aliphatic rings. The summed E-state index contributed by atoms with van der Waals surface area (Å²) in [6.45, 7) is 1.85. The highest BCUT2D eigenvalue weighted by Gasteiger charge is 2.09. The van der Waals surface area contributed by atoms with E-state index in [2.05, 4.69) is 20.3 Å². The molecule has 2 heterocycles. The Kier molecular flexibility index (Phi) is 2.68. The van der Waals surface area contributed by atoms with Gasteiger partial charge in [0.25, 0.3) is 5.91 Å². The molecule has 2 rings (SSSR count). The van der Waals surface area contributed by atoms with Gasteiger partial charge in [0.2, 0.25) is 0 Å². The van der Waals surface area contributed by atoms with Gasteiger partial charge in [-0.15, -0.1) is 11.3 Å². The minimum absolute atomic E-state index is 0.252. The molecule has 0 fully saturated rings. The van der Waals surface area contributed by atoms with Crippen molar-refractivity contribution in [3.63, 3.8) is 0 Å². The zero-order chi connectivity index (χ0) is 10.7. The second-order valence-corrected chi connectivity index (χ2v) is 3.86. The van der Waals surface area contributed by atoms with Gasteiger partial charge in [-0.25, -0.2) is 15.0 Å². The van der Waals surface area contributed by atoms with Crippen LogP contribution in [0.5, 0.6) is 0 Å². The van der Waals surface area contributed by atoms with E-state index in [9.17, 15) is 4.79 Å². The Bertz CT molecular complexity index is 468. The van der Waals surface area contributed by atoms with Crippen LogP contribution in [0.3, 0.4) is 0 Å². The van der Waals surface area contributed by atoms with E-state index in [-0.39, 0.29) is 5.91 Å². The molecule has 1 N–H and O–H groups in total. The average Bonchev–Trinajstić information content (AvgIpc) is 2.66. The second kappa shape index (κ2) is 4.14. The number of hydrogen-bond donors (Lipinski definition) is 1. The van der Waals surface area contributed by atoms with Crippen LogP contribution < -0.4 is 5.32 Å². The predicted molar refractivity (Wildman–Crippen MR) is 56.8 cm³/mol. The highest BCUT2D eigenvalue weighted by molar-refractivity contribution is 7.09. The number of anilines is 1. The van der Waals surface area contributed by atoms with Crippen molar-refractivity contribution in [3.05, 3.63) is 34.7 Å². The molecule has 15 heavy (non-hydrogen) atoms. The first-order valence-corrected chi connectivity index (χ1v) is 5.13. The zero-order valence-corrected chi connectivity index (χ0v) is 8.78. The Balaban J connectivity index is 2.11. The van der Waals surface area contributed by atoms with Crippen LogP contribution in [0, 0.1) is 6.92 Å². The molecule has 0 saturated heterocycles. The van der Waals surface area contributed by atoms with Crippen molar-refractivity contribution in [2.45, 2.75) is 6.92 Å². The van der Waals surface area contributed by atoms with Crippen molar-refractivity contribution in [1.82, 2.24) is 15.0 Å². The van der Waals surface area contributed by atoms with Gasteiger partial charge in [-0.1, -0.05) is 0 Å². The SMILES string of the molecule is Cc1nc(C(=O)Nc2ccncn2)cs1. The molecule has 6 heteroatoms. The van der Waals surface area contributed by atoms with Crippen LogP contribution in [-0.4, -0.2) is 20.9 Å². The maximum absolute atomic E-state index is 11.6. The topological polar surface area (TPSA) is 67.8 Å². The first kappa shape index (κ1) is 9.72. The van der Waals surface area contributed by atoms with Gasteiger partial charge >= 0.3 is 0 Å². The van der Waals surface area contributed by atoms with E-state index in [4.69, 9.17) is 0 Å². The van der Waals surface area contributed by atoms with Gasteiger partial charge in [-0.2, -0.15) is 0 Å². The highest BCUT2D eigenvalue weighted by Crippen LogP contribution is 2.09. The van der Waals surface area contributed by atoms with Gasteiger partial charge in [0, 0.05) is 11.6 Å². The maximum atomic E-state index is 11.6. The van der Waals surface area contributed by atoms with Crippen LogP contribution >= 0.6 is 11.3 Å². The molecule has 2 aromatic heterocycles. The Hall–Kier alpha value is -1.82. The van der Waals surface area contributed by atoms with Crippen LogP contribution in [-0.2, 0) is 0 Å². The Morgan fingerprint density at radius 1 is 1.53 bits per heavy atom. The molecule has 0 aliphatic heterocycles. The molecule has 1 amide bonds. The number of hydrogen-bond acceptors (Lipinski definition) is 5. The molecule has 0 saturated carbocycles. The van der Waals surface area contributed by atoms with Crippen molar-refractivity contribution in [1.29, 1.82) is 0 Å². The van der Waals surface area contributed by atoms with E-state index < -0.39 is 0 Å². The summed E-state index contributed by atoms with van der Waals surface area (Å²) in [6, 6.07) is 1.62. The standard InChI is InChI=1S/C9H8N4OS/c1-6-12-7(4-15-6)9(14)13-8-2-3-10-5-11-8/h2-5H,1H3,(H,10,11,13,14). The van der Waals surface area contributed by atoms with E-state index in [1.165, 1.54) is 17.7 Å². The van der Waals surface area contributed by atoms with Gasteiger partial charge < -0.3 is 5.32 Å². The molecular weight excluding hydrogens is 212 g/mol. The van der Waals surface area contributed by atoms with Crippen LogP contribution in [0.1, 0.15) is 15.5 Å². The normalized spacial score (nSPS) is 9.93. The first-order valence-electron chi connectivity index (χ1n) is 4.25. The van der Waals surface area contributed by atoms with Crippen molar-refractivity contribution in [3.8, 4) is 0 Å². The lowest BCUT2D eigenvalue weighted by Gasteiger charge is -1.99. The molecule has 2 aromatic rings. The molecule has 0 unspecified atom stereocenters.